The lowest BCUT2D eigenvalue weighted by Crippen LogP contribution is -2.53. The summed E-state index contributed by atoms with van der Waals surface area (Å²) in [4.78, 5) is 2.54. The van der Waals surface area contributed by atoms with E-state index in [-0.39, 0.29) is 0 Å². The first-order chi connectivity index (χ1) is 10.1. The number of benzene rings is 1. The highest BCUT2D eigenvalue weighted by Gasteiger charge is 2.32. The lowest BCUT2D eigenvalue weighted by Gasteiger charge is -2.44. The molecule has 1 aromatic rings. The van der Waals surface area contributed by atoms with Gasteiger partial charge in [-0.1, -0.05) is 13.8 Å². The Bertz CT molecular complexity index is 461. The minimum absolute atomic E-state index is 0.556. The molecule has 2 rings (SSSR count). The van der Waals surface area contributed by atoms with Crippen LogP contribution in [0.25, 0.3) is 0 Å². The third-order valence-electron chi connectivity index (χ3n) is 4.93. The van der Waals surface area contributed by atoms with Crippen LogP contribution in [0.1, 0.15) is 39.2 Å². The van der Waals surface area contributed by atoms with Crippen LogP contribution in [-0.2, 0) is 0 Å². The number of ether oxygens (including phenoxy) is 1. The fourth-order valence-corrected chi connectivity index (χ4v) is 3.39. The third kappa shape index (κ3) is 3.52. The largest absolute Gasteiger partial charge is 0.496 e. The predicted octanol–water partition coefficient (Wildman–Crippen LogP) is 3.61. The molecule has 0 saturated carbocycles. The summed E-state index contributed by atoms with van der Waals surface area (Å²) in [5, 5.41) is 3.71. The molecule has 1 aliphatic heterocycles. The van der Waals surface area contributed by atoms with Crippen LogP contribution in [0.3, 0.4) is 0 Å². The van der Waals surface area contributed by atoms with Crippen LogP contribution in [0.5, 0.6) is 5.75 Å². The Labute approximate surface area is 129 Å². The molecule has 1 saturated heterocycles. The van der Waals surface area contributed by atoms with Crippen LogP contribution in [0.4, 0.5) is 5.69 Å². The maximum atomic E-state index is 5.37. The topological polar surface area (TPSA) is 24.5 Å². The van der Waals surface area contributed by atoms with Crippen LogP contribution < -0.4 is 15.0 Å². The molecule has 1 fully saturated rings. The molecule has 0 aliphatic carbocycles. The normalized spacial score (nSPS) is 26.0. The van der Waals surface area contributed by atoms with E-state index < -0.39 is 0 Å². The zero-order valence-electron chi connectivity index (χ0n) is 14.1. The first kappa shape index (κ1) is 16.2. The molecule has 1 aliphatic rings. The van der Waals surface area contributed by atoms with Gasteiger partial charge in [0.15, 0.2) is 0 Å². The Kier molecular flexibility index (Phi) is 5.51. The minimum Gasteiger partial charge on any atom is -0.496 e. The number of anilines is 1. The highest BCUT2D eigenvalue weighted by molar-refractivity contribution is 5.54. The standard InChI is InChI=1S/C18H30N2O/c1-6-10-19-17-9-11-20(15(4)14(17)3)16-7-8-18(21-5)13(2)12-16/h7-8,12,14-15,17,19H,6,9-11H2,1-5H3. The van der Waals surface area contributed by atoms with E-state index in [1.807, 2.05) is 0 Å². The van der Waals surface area contributed by atoms with Crippen molar-refractivity contribution in [3.8, 4) is 5.75 Å². The van der Waals surface area contributed by atoms with E-state index in [1.54, 1.807) is 7.11 Å². The van der Waals surface area contributed by atoms with Crippen molar-refractivity contribution in [3.05, 3.63) is 23.8 Å². The van der Waals surface area contributed by atoms with Gasteiger partial charge >= 0.3 is 0 Å². The van der Waals surface area contributed by atoms with Gasteiger partial charge in [0, 0.05) is 24.3 Å². The van der Waals surface area contributed by atoms with Crippen molar-refractivity contribution in [2.75, 3.05) is 25.1 Å². The van der Waals surface area contributed by atoms with Crippen molar-refractivity contribution >= 4 is 5.69 Å². The highest BCUT2D eigenvalue weighted by Crippen LogP contribution is 2.31. The summed E-state index contributed by atoms with van der Waals surface area (Å²) in [6, 6.07) is 7.73. The van der Waals surface area contributed by atoms with Gasteiger partial charge in [-0.3, -0.25) is 0 Å². The van der Waals surface area contributed by atoms with Crippen molar-refractivity contribution in [1.82, 2.24) is 5.32 Å². The third-order valence-corrected chi connectivity index (χ3v) is 4.93. The minimum atomic E-state index is 0.556. The van der Waals surface area contributed by atoms with Gasteiger partial charge in [0.05, 0.1) is 7.11 Å². The van der Waals surface area contributed by atoms with Crippen molar-refractivity contribution in [1.29, 1.82) is 0 Å². The lowest BCUT2D eigenvalue weighted by atomic mass is 9.86. The molecular formula is C18H30N2O. The van der Waals surface area contributed by atoms with Crippen molar-refractivity contribution < 1.29 is 4.74 Å². The van der Waals surface area contributed by atoms with Crippen LogP contribution in [0.15, 0.2) is 18.2 Å². The van der Waals surface area contributed by atoms with Crippen LogP contribution in [0.2, 0.25) is 0 Å². The van der Waals surface area contributed by atoms with Crippen LogP contribution in [-0.4, -0.2) is 32.3 Å². The fraction of sp³-hybridized carbons (Fsp3) is 0.667. The summed E-state index contributed by atoms with van der Waals surface area (Å²) in [6.07, 6.45) is 2.43. The van der Waals surface area contributed by atoms with Gasteiger partial charge in [0.25, 0.3) is 0 Å². The van der Waals surface area contributed by atoms with Crippen molar-refractivity contribution in [2.45, 2.75) is 52.6 Å². The molecule has 118 valence electrons. The summed E-state index contributed by atoms with van der Waals surface area (Å²) >= 11 is 0. The molecular weight excluding hydrogens is 260 g/mol. The van der Waals surface area contributed by atoms with E-state index in [0.29, 0.717) is 18.0 Å². The predicted molar refractivity (Wildman–Crippen MR) is 90.4 cm³/mol. The molecule has 1 heterocycles. The number of nitrogens with zero attached hydrogens (tertiary/aromatic N) is 1. The second kappa shape index (κ2) is 7.17. The molecule has 0 radical (unpaired) electrons. The van der Waals surface area contributed by atoms with Crippen LogP contribution >= 0.6 is 0 Å². The smallest absolute Gasteiger partial charge is 0.121 e. The Hall–Kier alpha value is -1.22. The molecule has 0 amide bonds. The summed E-state index contributed by atoms with van der Waals surface area (Å²) in [5.41, 5.74) is 2.53. The van der Waals surface area contributed by atoms with Gasteiger partial charge in [0.1, 0.15) is 5.75 Å². The van der Waals surface area contributed by atoms with Crippen molar-refractivity contribution in [3.63, 3.8) is 0 Å². The SMILES string of the molecule is CCCNC1CCN(c2ccc(OC)c(C)c2)C(C)C1C. The Balaban J connectivity index is 2.10. The number of hydrogen-bond donors (Lipinski definition) is 1. The molecule has 3 atom stereocenters. The monoisotopic (exact) mass is 290 g/mol. The second-order valence-electron chi connectivity index (χ2n) is 6.30. The maximum absolute atomic E-state index is 5.37. The molecule has 3 heteroatoms. The Morgan fingerprint density at radius 3 is 2.71 bits per heavy atom. The van der Waals surface area contributed by atoms with E-state index in [4.69, 9.17) is 4.74 Å². The van der Waals surface area contributed by atoms with E-state index in [2.05, 4.69) is 56.1 Å². The van der Waals surface area contributed by atoms with Crippen molar-refractivity contribution in [2.24, 2.45) is 5.92 Å². The summed E-state index contributed by atoms with van der Waals surface area (Å²) in [7, 11) is 1.73. The summed E-state index contributed by atoms with van der Waals surface area (Å²) in [5.74, 6) is 1.63. The number of rotatable bonds is 5. The van der Waals surface area contributed by atoms with E-state index >= 15 is 0 Å². The lowest BCUT2D eigenvalue weighted by molar-refractivity contribution is 0.271. The molecule has 1 aromatic carbocycles. The highest BCUT2D eigenvalue weighted by atomic mass is 16.5. The van der Waals surface area contributed by atoms with Gasteiger partial charge in [-0.15, -0.1) is 0 Å². The van der Waals surface area contributed by atoms with Gasteiger partial charge in [-0.2, -0.15) is 0 Å². The number of aryl methyl sites for hydroxylation is 1. The van der Waals surface area contributed by atoms with E-state index in [0.717, 1.165) is 18.8 Å². The quantitative estimate of drug-likeness (QED) is 0.896. The molecule has 21 heavy (non-hydrogen) atoms. The first-order valence-corrected chi connectivity index (χ1v) is 8.23. The fourth-order valence-electron chi connectivity index (χ4n) is 3.39. The van der Waals surface area contributed by atoms with Crippen LogP contribution in [0, 0.1) is 12.8 Å². The maximum Gasteiger partial charge on any atom is 0.121 e. The average molecular weight is 290 g/mol. The zero-order valence-corrected chi connectivity index (χ0v) is 14.1. The van der Waals surface area contributed by atoms with Gasteiger partial charge in [-0.25, -0.2) is 0 Å². The number of nitrogens with one attached hydrogen (secondary N) is 1. The van der Waals surface area contributed by atoms with Gasteiger partial charge in [-0.05, 0) is 62.9 Å². The number of methoxy groups -OCH3 is 1. The number of hydrogen-bond acceptors (Lipinski definition) is 3. The molecule has 0 aromatic heterocycles. The zero-order chi connectivity index (χ0) is 15.4. The van der Waals surface area contributed by atoms with E-state index in [1.165, 1.54) is 24.1 Å². The Morgan fingerprint density at radius 2 is 2.10 bits per heavy atom. The second-order valence-corrected chi connectivity index (χ2v) is 6.30. The number of piperidine rings is 1. The first-order valence-electron chi connectivity index (χ1n) is 8.23. The summed E-state index contributed by atoms with van der Waals surface area (Å²) in [6.45, 7) is 11.3. The molecule has 3 nitrogen and oxygen atoms in total. The van der Waals surface area contributed by atoms with Gasteiger partial charge in [0.2, 0.25) is 0 Å². The molecule has 0 spiro atoms. The van der Waals surface area contributed by atoms with E-state index in [9.17, 15) is 0 Å². The molecule has 3 unspecified atom stereocenters. The Morgan fingerprint density at radius 1 is 1.33 bits per heavy atom. The molecule has 0 bridgehead atoms. The van der Waals surface area contributed by atoms with Gasteiger partial charge < -0.3 is 15.0 Å². The molecule has 1 N–H and O–H groups in total. The average Bonchev–Trinajstić information content (AvgIpc) is 2.49. The summed E-state index contributed by atoms with van der Waals surface area (Å²) < 4.78 is 5.37.